The molecule has 0 unspecified atom stereocenters. The minimum Gasteiger partial charge on any atom is -0.349 e. The molecule has 1 aromatic heterocycles. The van der Waals surface area contributed by atoms with Crippen molar-refractivity contribution in [2.45, 2.75) is 0 Å². The molecule has 1 aromatic carbocycles. The van der Waals surface area contributed by atoms with Gasteiger partial charge in [-0.3, -0.25) is 10.1 Å². The van der Waals surface area contributed by atoms with E-state index in [9.17, 15) is 13.6 Å². The van der Waals surface area contributed by atoms with Crippen molar-refractivity contribution < 1.29 is 13.6 Å². The van der Waals surface area contributed by atoms with E-state index in [1.165, 1.54) is 12.3 Å². The molecule has 0 bridgehead atoms. The van der Waals surface area contributed by atoms with Crippen LogP contribution in [0.1, 0.15) is 0 Å². The van der Waals surface area contributed by atoms with Crippen molar-refractivity contribution >= 4 is 39.7 Å². The van der Waals surface area contributed by atoms with Gasteiger partial charge in [-0.2, -0.15) is 0 Å². The second-order valence-corrected chi connectivity index (χ2v) is 5.31. The van der Waals surface area contributed by atoms with E-state index < -0.39 is 17.5 Å². The van der Waals surface area contributed by atoms with Crippen LogP contribution < -0.4 is 10.6 Å². The molecule has 0 spiro atoms. The summed E-state index contributed by atoms with van der Waals surface area (Å²) in [5, 5.41) is 5.19. The van der Waals surface area contributed by atoms with E-state index in [0.29, 0.717) is 15.5 Å². The van der Waals surface area contributed by atoms with Crippen LogP contribution in [0.25, 0.3) is 0 Å². The maximum atomic E-state index is 13.4. The molecule has 0 aliphatic carbocycles. The summed E-state index contributed by atoms with van der Waals surface area (Å²) >= 11 is 6.75. The lowest BCUT2D eigenvalue weighted by Gasteiger charge is -2.09. The zero-order chi connectivity index (χ0) is 14.7. The van der Waals surface area contributed by atoms with E-state index >= 15 is 0 Å². The normalized spacial score (nSPS) is 10.2. The molecule has 4 nitrogen and oxygen atoms in total. The monoisotopic (exact) mass is 315 g/mol. The lowest BCUT2D eigenvalue weighted by molar-refractivity contribution is -0.112. The molecule has 2 aromatic rings. The lowest BCUT2D eigenvalue weighted by Crippen LogP contribution is -2.19. The molecule has 1 heterocycles. The fraction of sp³-hybridized carbons (Fsp3) is 0. The molecule has 20 heavy (non-hydrogen) atoms. The van der Waals surface area contributed by atoms with Gasteiger partial charge in [0.2, 0.25) is 0 Å². The van der Waals surface area contributed by atoms with E-state index in [0.717, 1.165) is 17.4 Å². The average molecular weight is 316 g/mol. The predicted molar refractivity (Wildman–Crippen MR) is 74.9 cm³/mol. The Bertz CT molecular complexity index is 674. The predicted octanol–water partition coefficient (Wildman–Crippen LogP) is 3.64. The first-order chi connectivity index (χ1) is 9.45. The molecule has 0 aliphatic rings. The third kappa shape index (κ3) is 3.52. The van der Waals surface area contributed by atoms with Gasteiger partial charge in [0.05, 0.1) is 17.6 Å². The van der Waals surface area contributed by atoms with Gasteiger partial charge in [-0.1, -0.05) is 29.5 Å². The van der Waals surface area contributed by atoms with Gasteiger partial charge < -0.3 is 5.32 Å². The Kier molecular flexibility index (Phi) is 4.31. The van der Waals surface area contributed by atoms with Crippen molar-refractivity contribution in [1.29, 1.82) is 0 Å². The minimum absolute atomic E-state index is 0.0521. The SMILES string of the molecule is C=C(Nc1ccc(F)cc1F)C(=O)Nc1ncc(Cl)s1. The zero-order valence-electron chi connectivity index (χ0n) is 9.91. The van der Waals surface area contributed by atoms with Gasteiger partial charge in [0.1, 0.15) is 16.0 Å². The Balaban J connectivity index is 2.02. The Morgan fingerprint density at radius 2 is 2.10 bits per heavy atom. The molecular weight excluding hydrogens is 308 g/mol. The van der Waals surface area contributed by atoms with Gasteiger partial charge in [0.15, 0.2) is 5.13 Å². The van der Waals surface area contributed by atoms with Crippen LogP contribution in [0.15, 0.2) is 36.7 Å². The van der Waals surface area contributed by atoms with Crippen LogP contribution in [0.5, 0.6) is 0 Å². The number of rotatable bonds is 4. The number of nitrogens with one attached hydrogen (secondary N) is 2. The van der Waals surface area contributed by atoms with E-state index in [2.05, 4.69) is 22.2 Å². The number of carbonyl (C=O) groups excluding carboxylic acids is 1. The van der Waals surface area contributed by atoms with Gasteiger partial charge in [-0.05, 0) is 12.1 Å². The van der Waals surface area contributed by atoms with Crippen LogP contribution in [-0.2, 0) is 4.79 Å². The Hall–Kier alpha value is -1.99. The van der Waals surface area contributed by atoms with Crippen LogP contribution in [0.3, 0.4) is 0 Å². The number of amides is 1. The van der Waals surface area contributed by atoms with Crippen molar-refractivity contribution in [3.63, 3.8) is 0 Å². The van der Waals surface area contributed by atoms with Crippen molar-refractivity contribution in [2.24, 2.45) is 0 Å². The summed E-state index contributed by atoms with van der Waals surface area (Å²) in [5.41, 5.74) is -0.162. The summed E-state index contributed by atoms with van der Waals surface area (Å²) in [6, 6.07) is 2.94. The molecule has 0 radical (unpaired) electrons. The highest BCUT2D eigenvalue weighted by atomic mass is 35.5. The summed E-state index contributed by atoms with van der Waals surface area (Å²) in [6.07, 6.45) is 1.39. The molecule has 8 heteroatoms. The molecule has 0 atom stereocenters. The summed E-state index contributed by atoms with van der Waals surface area (Å²) in [6.45, 7) is 3.48. The van der Waals surface area contributed by atoms with Crippen LogP contribution in [-0.4, -0.2) is 10.9 Å². The zero-order valence-corrected chi connectivity index (χ0v) is 11.5. The van der Waals surface area contributed by atoms with Crippen molar-refractivity contribution in [3.8, 4) is 0 Å². The van der Waals surface area contributed by atoms with Gasteiger partial charge in [-0.25, -0.2) is 13.8 Å². The minimum atomic E-state index is -0.823. The Labute approximate surface area is 122 Å². The van der Waals surface area contributed by atoms with E-state index in [1.54, 1.807) is 0 Å². The number of halogens is 3. The third-order valence-electron chi connectivity index (χ3n) is 2.19. The van der Waals surface area contributed by atoms with E-state index in [-0.39, 0.29) is 11.4 Å². The quantitative estimate of drug-likeness (QED) is 0.847. The second kappa shape index (κ2) is 5.98. The van der Waals surface area contributed by atoms with E-state index in [1.807, 2.05) is 0 Å². The first kappa shape index (κ1) is 14.4. The molecular formula is C12H8ClF2N3OS. The molecule has 104 valence electrons. The molecule has 0 saturated carbocycles. The number of hydrogen-bond acceptors (Lipinski definition) is 4. The highest BCUT2D eigenvalue weighted by molar-refractivity contribution is 7.19. The Morgan fingerprint density at radius 3 is 2.70 bits per heavy atom. The third-order valence-corrected chi connectivity index (χ3v) is 3.22. The maximum Gasteiger partial charge on any atom is 0.273 e. The van der Waals surface area contributed by atoms with Crippen molar-refractivity contribution in [1.82, 2.24) is 4.98 Å². The van der Waals surface area contributed by atoms with Crippen LogP contribution in [0.2, 0.25) is 4.34 Å². The van der Waals surface area contributed by atoms with Gasteiger partial charge in [0.25, 0.3) is 5.91 Å². The standard InChI is InChI=1S/C12H8ClF2N3OS/c1-6(11(19)18-12-16-5-10(13)20-12)17-9-3-2-7(14)4-8(9)15/h2-5,17H,1H2,(H,16,18,19). The Morgan fingerprint density at radius 1 is 1.35 bits per heavy atom. The first-order valence-electron chi connectivity index (χ1n) is 5.29. The number of hydrogen-bond donors (Lipinski definition) is 2. The van der Waals surface area contributed by atoms with Crippen LogP contribution in [0, 0.1) is 11.6 Å². The van der Waals surface area contributed by atoms with Crippen LogP contribution in [0.4, 0.5) is 19.6 Å². The molecule has 0 aliphatic heterocycles. The smallest absolute Gasteiger partial charge is 0.273 e. The number of anilines is 2. The molecule has 0 saturated heterocycles. The van der Waals surface area contributed by atoms with Crippen LogP contribution >= 0.6 is 22.9 Å². The number of aromatic nitrogens is 1. The van der Waals surface area contributed by atoms with Crippen molar-refractivity contribution in [2.75, 3.05) is 10.6 Å². The summed E-state index contributed by atoms with van der Waals surface area (Å²) in [4.78, 5) is 15.6. The second-order valence-electron chi connectivity index (χ2n) is 3.65. The average Bonchev–Trinajstić information content (AvgIpc) is 2.78. The molecule has 2 N–H and O–H groups in total. The maximum absolute atomic E-state index is 13.4. The van der Waals surface area contributed by atoms with Gasteiger partial charge in [0, 0.05) is 6.07 Å². The lowest BCUT2D eigenvalue weighted by atomic mass is 10.3. The molecule has 1 amide bonds. The highest BCUT2D eigenvalue weighted by Crippen LogP contribution is 2.23. The van der Waals surface area contributed by atoms with E-state index in [4.69, 9.17) is 11.6 Å². The first-order valence-corrected chi connectivity index (χ1v) is 6.49. The number of benzene rings is 1. The molecule has 2 rings (SSSR count). The summed E-state index contributed by atoms with van der Waals surface area (Å²) in [7, 11) is 0. The number of nitrogens with zero attached hydrogens (tertiary/aromatic N) is 1. The van der Waals surface area contributed by atoms with Crippen molar-refractivity contribution in [3.05, 3.63) is 52.6 Å². The summed E-state index contributed by atoms with van der Waals surface area (Å²) in [5.74, 6) is -2.13. The largest absolute Gasteiger partial charge is 0.349 e. The fourth-order valence-electron chi connectivity index (χ4n) is 1.29. The summed E-state index contributed by atoms with van der Waals surface area (Å²) < 4.78 is 26.6. The van der Waals surface area contributed by atoms with Gasteiger partial charge >= 0.3 is 0 Å². The highest BCUT2D eigenvalue weighted by Gasteiger charge is 2.12. The topological polar surface area (TPSA) is 54.0 Å². The fourth-order valence-corrected chi connectivity index (χ4v) is 2.10. The van der Waals surface area contributed by atoms with Gasteiger partial charge in [-0.15, -0.1) is 0 Å². The number of carbonyl (C=O) groups is 1. The number of thiazole rings is 1. The molecule has 0 fully saturated rings.